The molecule has 0 aromatic carbocycles. The van der Waals surface area contributed by atoms with E-state index in [0.717, 1.165) is 38.4 Å². The summed E-state index contributed by atoms with van der Waals surface area (Å²) in [5.41, 5.74) is 2.85. The smallest absolute Gasteiger partial charge is 0.0481 e. The van der Waals surface area contributed by atoms with E-state index in [1.165, 1.54) is 6.42 Å². The molecule has 3 nitrogen and oxygen atoms in total. The maximum Gasteiger partial charge on any atom is 0.0481 e. The van der Waals surface area contributed by atoms with Gasteiger partial charge in [0, 0.05) is 19.3 Å². The average molecular weight is 202 g/mol. The Hall–Kier alpha value is -0.120. The van der Waals surface area contributed by atoms with Gasteiger partial charge in [-0.15, -0.1) is 0 Å². The van der Waals surface area contributed by atoms with Crippen LogP contribution in [0.3, 0.4) is 0 Å². The molecule has 0 heterocycles. The molecule has 0 aromatic rings. The molecule has 0 saturated heterocycles. The fourth-order valence-corrected chi connectivity index (χ4v) is 1.32. The van der Waals surface area contributed by atoms with Gasteiger partial charge in [0.2, 0.25) is 0 Å². The van der Waals surface area contributed by atoms with Gasteiger partial charge in [-0.25, -0.2) is 0 Å². The van der Waals surface area contributed by atoms with Crippen LogP contribution in [0, 0.1) is 5.92 Å². The topological polar surface area (TPSA) is 47.3 Å². The Morgan fingerprint density at radius 1 is 1.14 bits per heavy atom. The molecule has 0 aliphatic heterocycles. The van der Waals surface area contributed by atoms with Crippen molar-refractivity contribution in [3.63, 3.8) is 0 Å². The molecule has 0 saturated carbocycles. The highest BCUT2D eigenvalue weighted by molar-refractivity contribution is 4.64. The van der Waals surface area contributed by atoms with Crippen molar-refractivity contribution >= 4 is 0 Å². The molecule has 0 aromatic heterocycles. The Kier molecular flexibility index (Phi) is 9.35. The van der Waals surface area contributed by atoms with Gasteiger partial charge in [-0.05, 0) is 31.6 Å². The van der Waals surface area contributed by atoms with Gasteiger partial charge in [0.25, 0.3) is 0 Å². The number of hydrogen-bond donors (Lipinski definition) is 2. The Labute approximate surface area is 88.4 Å². The minimum atomic E-state index is 0.411. The van der Waals surface area contributed by atoms with Crippen molar-refractivity contribution in [2.24, 2.45) is 11.8 Å². The van der Waals surface area contributed by atoms with Crippen LogP contribution in [0.15, 0.2) is 0 Å². The van der Waals surface area contributed by atoms with Crippen molar-refractivity contribution in [2.75, 3.05) is 13.2 Å². The Morgan fingerprint density at radius 2 is 1.86 bits per heavy atom. The molecule has 0 fully saturated rings. The van der Waals surface area contributed by atoms with Crippen LogP contribution in [-0.2, 0) is 4.74 Å². The molecular formula is C11H26N2O. The minimum Gasteiger partial charge on any atom is -0.381 e. The van der Waals surface area contributed by atoms with Gasteiger partial charge in [-0.1, -0.05) is 20.8 Å². The number of hydrazine groups is 1. The lowest BCUT2D eigenvalue weighted by Crippen LogP contribution is -2.36. The van der Waals surface area contributed by atoms with Gasteiger partial charge in [-0.2, -0.15) is 0 Å². The van der Waals surface area contributed by atoms with E-state index < -0.39 is 0 Å². The second-order valence-electron chi connectivity index (χ2n) is 4.24. The summed E-state index contributed by atoms with van der Waals surface area (Å²) >= 11 is 0. The third-order valence-corrected chi connectivity index (χ3v) is 2.29. The molecule has 0 rings (SSSR count). The quantitative estimate of drug-likeness (QED) is 0.342. The highest BCUT2D eigenvalue weighted by Gasteiger charge is 2.06. The first-order chi connectivity index (χ1) is 6.70. The zero-order valence-electron chi connectivity index (χ0n) is 9.88. The maximum atomic E-state index is 5.47. The molecule has 1 unspecified atom stereocenters. The predicted molar refractivity (Wildman–Crippen MR) is 60.9 cm³/mol. The highest BCUT2D eigenvalue weighted by Crippen LogP contribution is 2.08. The van der Waals surface area contributed by atoms with Crippen LogP contribution in [0.5, 0.6) is 0 Å². The first-order valence-corrected chi connectivity index (χ1v) is 5.74. The lowest BCUT2D eigenvalue weighted by Gasteiger charge is -2.16. The van der Waals surface area contributed by atoms with Gasteiger partial charge in [0.1, 0.15) is 0 Å². The fourth-order valence-electron chi connectivity index (χ4n) is 1.32. The molecule has 0 aliphatic carbocycles. The summed E-state index contributed by atoms with van der Waals surface area (Å²) in [5.74, 6) is 6.22. The van der Waals surface area contributed by atoms with Crippen molar-refractivity contribution in [1.82, 2.24) is 5.43 Å². The summed E-state index contributed by atoms with van der Waals surface area (Å²) in [5, 5.41) is 0. The largest absolute Gasteiger partial charge is 0.381 e. The molecule has 1 atom stereocenters. The van der Waals surface area contributed by atoms with Gasteiger partial charge >= 0.3 is 0 Å². The summed E-state index contributed by atoms with van der Waals surface area (Å²) in [7, 11) is 0. The van der Waals surface area contributed by atoms with Gasteiger partial charge in [-0.3, -0.25) is 11.3 Å². The number of hydrogen-bond acceptors (Lipinski definition) is 3. The van der Waals surface area contributed by atoms with E-state index in [4.69, 9.17) is 10.6 Å². The van der Waals surface area contributed by atoms with Gasteiger partial charge in [0.05, 0.1) is 0 Å². The first kappa shape index (κ1) is 13.9. The molecule has 0 radical (unpaired) electrons. The van der Waals surface area contributed by atoms with E-state index in [0.29, 0.717) is 6.04 Å². The summed E-state index contributed by atoms with van der Waals surface area (Å²) in [6.45, 7) is 8.28. The van der Waals surface area contributed by atoms with E-state index in [1.807, 2.05) is 0 Å². The van der Waals surface area contributed by atoms with Crippen molar-refractivity contribution in [3.05, 3.63) is 0 Å². The number of ether oxygens (including phenoxy) is 1. The standard InChI is InChI=1S/C11H26N2O/c1-4-8-14-9-7-11(13-12)6-5-10(2)3/h10-11,13H,4-9,12H2,1-3H3. The third kappa shape index (κ3) is 8.48. The second-order valence-corrected chi connectivity index (χ2v) is 4.24. The first-order valence-electron chi connectivity index (χ1n) is 5.74. The van der Waals surface area contributed by atoms with E-state index in [-0.39, 0.29) is 0 Å². The molecule has 0 amide bonds. The minimum absolute atomic E-state index is 0.411. The number of nitrogens with one attached hydrogen (secondary N) is 1. The van der Waals surface area contributed by atoms with Gasteiger partial charge in [0.15, 0.2) is 0 Å². The Balaban J connectivity index is 3.38. The monoisotopic (exact) mass is 202 g/mol. The van der Waals surface area contributed by atoms with Crippen molar-refractivity contribution in [3.8, 4) is 0 Å². The van der Waals surface area contributed by atoms with E-state index in [2.05, 4.69) is 26.2 Å². The summed E-state index contributed by atoms with van der Waals surface area (Å²) in [6.07, 6.45) is 4.47. The lowest BCUT2D eigenvalue weighted by atomic mass is 10.0. The summed E-state index contributed by atoms with van der Waals surface area (Å²) in [4.78, 5) is 0. The normalized spacial score (nSPS) is 13.5. The third-order valence-electron chi connectivity index (χ3n) is 2.29. The fraction of sp³-hybridized carbons (Fsp3) is 1.00. The van der Waals surface area contributed by atoms with E-state index in [9.17, 15) is 0 Å². The van der Waals surface area contributed by atoms with E-state index >= 15 is 0 Å². The van der Waals surface area contributed by atoms with E-state index in [1.54, 1.807) is 0 Å². The molecule has 14 heavy (non-hydrogen) atoms. The number of nitrogens with two attached hydrogens (primary N) is 1. The zero-order valence-corrected chi connectivity index (χ0v) is 9.88. The Morgan fingerprint density at radius 3 is 2.36 bits per heavy atom. The van der Waals surface area contributed by atoms with Crippen LogP contribution in [-0.4, -0.2) is 19.3 Å². The molecule has 0 bridgehead atoms. The SMILES string of the molecule is CCCOCCC(CCC(C)C)NN. The Bertz CT molecular complexity index is 118. The second kappa shape index (κ2) is 9.44. The van der Waals surface area contributed by atoms with Crippen molar-refractivity contribution in [1.29, 1.82) is 0 Å². The lowest BCUT2D eigenvalue weighted by molar-refractivity contribution is 0.123. The van der Waals surface area contributed by atoms with Crippen LogP contribution in [0.1, 0.15) is 46.5 Å². The van der Waals surface area contributed by atoms with Crippen molar-refractivity contribution < 1.29 is 4.74 Å². The van der Waals surface area contributed by atoms with Crippen LogP contribution < -0.4 is 11.3 Å². The van der Waals surface area contributed by atoms with Crippen LogP contribution >= 0.6 is 0 Å². The molecule has 3 N–H and O–H groups in total. The predicted octanol–water partition coefficient (Wildman–Crippen LogP) is 2.07. The number of rotatable bonds is 9. The molecule has 0 aliphatic rings. The van der Waals surface area contributed by atoms with Gasteiger partial charge < -0.3 is 4.74 Å². The maximum absolute atomic E-state index is 5.47. The zero-order chi connectivity index (χ0) is 10.8. The van der Waals surface area contributed by atoms with Crippen molar-refractivity contribution in [2.45, 2.75) is 52.5 Å². The summed E-state index contributed by atoms with van der Waals surface area (Å²) in [6, 6.07) is 0.411. The molecule has 86 valence electrons. The average Bonchev–Trinajstić information content (AvgIpc) is 2.16. The van der Waals surface area contributed by atoms with Crippen LogP contribution in [0.2, 0.25) is 0 Å². The highest BCUT2D eigenvalue weighted by atomic mass is 16.5. The molecule has 3 heteroatoms. The molecule has 0 spiro atoms. The van der Waals surface area contributed by atoms with Crippen LogP contribution in [0.25, 0.3) is 0 Å². The molecular weight excluding hydrogens is 176 g/mol. The summed E-state index contributed by atoms with van der Waals surface area (Å²) < 4.78 is 5.43. The van der Waals surface area contributed by atoms with Crippen LogP contribution in [0.4, 0.5) is 0 Å².